The Morgan fingerprint density at radius 3 is 2.54 bits per heavy atom. The molecule has 1 N–H and O–H groups in total. The molecule has 1 fully saturated rings. The highest BCUT2D eigenvalue weighted by atomic mass is 35.5. The van der Waals surface area contributed by atoms with E-state index in [0.29, 0.717) is 10.7 Å². The average molecular weight is 348 g/mol. The number of hydrogen-bond acceptors (Lipinski definition) is 6. The summed E-state index contributed by atoms with van der Waals surface area (Å²) in [5.74, 6) is -2.75. The molecule has 2 aromatic rings. The minimum atomic E-state index is -1.26. The molecule has 7 nitrogen and oxygen atoms in total. The van der Waals surface area contributed by atoms with E-state index in [-0.39, 0.29) is 5.57 Å². The summed E-state index contributed by atoms with van der Waals surface area (Å²) >= 11 is 6.24. The second kappa shape index (κ2) is 6.01. The number of esters is 2. The third kappa shape index (κ3) is 3.26. The van der Waals surface area contributed by atoms with Gasteiger partial charge in [-0.05, 0) is 18.2 Å². The predicted octanol–water partition coefficient (Wildman–Crippen LogP) is 2.66. The van der Waals surface area contributed by atoms with E-state index in [1.165, 1.54) is 20.0 Å². The van der Waals surface area contributed by atoms with Crippen LogP contribution in [0.2, 0.25) is 5.02 Å². The Bertz CT molecular complexity index is 806. The number of halogens is 1. The van der Waals surface area contributed by atoms with Crippen molar-refractivity contribution in [1.29, 1.82) is 0 Å². The van der Waals surface area contributed by atoms with Crippen molar-refractivity contribution < 1.29 is 19.1 Å². The van der Waals surface area contributed by atoms with E-state index >= 15 is 0 Å². The topological polar surface area (TPSA) is 82.5 Å². The van der Waals surface area contributed by atoms with Gasteiger partial charge in [0.15, 0.2) is 5.57 Å². The quantitative estimate of drug-likeness (QED) is 0.522. The van der Waals surface area contributed by atoms with Crippen LogP contribution in [-0.4, -0.2) is 27.3 Å². The first-order valence-electron chi connectivity index (χ1n) is 7.07. The maximum absolute atomic E-state index is 11.9. The van der Waals surface area contributed by atoms with E-state index in [1.807, 2.05) is 0 Å². The van der Waals surface area contributed by atoms with Crippen LogP contribution in [0.25, 0.3) is 5.69 Å². The molecule has 0 saturated carbocycles. The molecular weight excluding hydrogens is 334 g/mol. The minimum absolute atomic E-state index is 0.218. The van der Waals surface area contributed by atoms with Gasteiger partial charge in [0.2, 0.25) is 0 Å². The monoisotopic (exact) mass is 347 g/mol. The standard InChI is InChI=1S/C16H14ClN3O4/c1-16(2)23-14(21)11(15(22)24-16)8-19-10-3-4-13(12(17)7-10)20-6-5-18-9-20/h3-9,19H,1-2H3. The Labute approximate surface area is 142 Å². The van der Waals surface area contributed by atoms with Crippen molar-refractivity contribution in [1.82, 2.24) is 9.55 Å². The summed E-state index contributed by atoms with van der Waals surface area (Å²) in [4.78, 5) is 27.7. The smallest absolute Gasteiger partial charge is 0.350 e. The maximum atomic E-state index is 11.9. The third-order valence-electron chi connectivity index (χ3n) is 3.23. The number of carbonyl (C=O) groups excluding carboxylic acids is 2. The van der Waals surface area contributed by atoms with E-state index in [4.69, 9.17) is 21.1 Å². The van der Waals surface area contributed by atoms with Gasteiger partial charge in [-0.2, -0.15) is 0 Å². The number of carbonyl (C=O) groups is 2. The largest absolute Gasteiger partial charge is 0.419 e. The highest BCUT2D eigenvalue weighted by molar-refractivity contribution is 6.32. The van der Waals surface area contributed by atoms with Gasteiger partial charge < -0.3 is 19.4 Å². The van der Waals surface area contributed by atoms with Gasteiger partial charge in [0.05, 0.1) is 17.0 Å². The number of nitrogens with zero attached hydrogens (tertiary/aromatic N) is 2. The molecule has 0 aliphatic carbocycles. The van der Waals surface area contributed by atoms with E-state index < -0.39 is 17.7 Å². The lowest BCUT2D eigenvalue weighted by atomic mass is 10.2. The molecule has 0 unspecified atom stereocenters. The summed E-state index contributed by atoms with van der Waals surface area (Å²) in [5, 5.41) is 3.32. The number of hydrogen-bond donors (Lipinski definition) is 1. The number of anilines is 1. The zero-order chi connectivity index (χ0) is 17.3. The molecule has 24 heavy (non-hydrogen) atoms. The highest BCUT2D eigenvalue weighted by Crippen LogP contribution is 2.26. The Hall–Kier alpha value is -2.80. The Balaban J connectivity index is 1.78. The highest BCUT2D eigenvalue weighted by Gasteiger charge is 2.38. The molecule has 0 bridgehead atoms. The van der Waals surface area contributed by atoms with Crippen molar-refractivity contribution >= 4 is 29.2 Å². The van der Waals surface area contributed by atoms with Crippen LogP contribution in [0.4, 0.5) is 5.69 Å². The Morgan fingerprint density at radius 2 is 1.96 bits per heavy atom. The maximum Gasteiger partial charge on any atom is 0.350 e. The van der Waals surface area contributed by atoms with Gasteiger partial charge in [-0.25, -0.2) is 14.6 Å². The fourth-order valence-electron chi connectivity index (χ4n) is 2.14. The number of ether oxygens (including phenoxy) is 2. The molecule has 1 aromatic carbocycles. The van der Waals surface area contributed by atoms with Crippen LogP contribution >= 0.6 is 11.6 Å². The number of imidazole rings is 1. The number of rotatable bonds is 3. The molecular formula is C16H14ClN3O4. The second-order valence-corrected chi connectivity index (χ2v) is 5.92. The van der Waals surface area contributed by atoms with Crippen molar-refractivity contribution in [2.45, 2.75) is 19.6 Å². The third-order valence-corrected chi connectivity index (χ3v) is 3.53. The zero-order valence-corrected chi connectivity index (χ0v) is 13.7. The Kier molecular flexibility index (Phi) is 4.02. The molecule has 0 atom stereocenters. The molecule has 1 aromatic heterocycles. The van der Waals surface area contributed by atoms with Crippen LogP contribution in [0.1, 0.15) is 13.8 Å². The lowest BCUT2D eigenvalue weighted by molar-refractivity contribution is -0.222. The first-order chi connectivity index (χ1) is 11.4. The molecule has 3 rings (SSSR count). The molecule has 0 amide bonds. The molecule has 1 saturated heterocycles. The van der Waals surface area contributed by atoms with Crippen molar-refractivity contribution in [2.75, 3.05) is 5.32 Å². The van der Waals surface area contributed by atoms with Crippen LogP contribution in [-0.2, 0) is 19.1 Å². The average Bonchev–Trinajstić information content (AvgIpc) is 2.99. The van der Waals surface area contributed by atoms with Gasteiger partial charge in [0.1, 0.15) is 0 Å². The van der Waals surface area contributed by atoms with Gasteiger partial charge in [0.25, 0.3) is 5.79 Å². The van der Waals surface area contributed by atoms with E-state index in [2.05, 4.69) is 10.3 Å². The summed E-state index contributed by atoms with van der Waals surface area (Å²) < 4.78 is 11.8. The molecule has 1 aliphatic rings. The number of benzene rings is 1. The lowest BCUT2D eigenvalue weighted by Crippen LogP contribution is -2.42. The van der Waals surface area contributed by atoms with Crippen molar-refractivity contribution in [3.05, 3.63) is 53.7 Å². The normalized spacial score (nSPS) is 16.4. The summed E-state index contributed by atoms with van der Waals surface area (Å²) in [6.45, 7) is 2.98. The van der Waals surface area contributed by atoms with E-state index in [1.54, 1.807) is 41.5 Å². The van der Waals surface area contributed by atoms with Gasteiger partial charge in [-0.1, -0.05) is 11.6 Å². The van der Waals surface area contributed by atoms with E-state index in [0.717, 1.165) is 5.69 Å². The van der Waals surface area contributed by atoms with Crippen LogP contribution in [0.5, 0.6) is 0 Å². The molecule has 0 spiro atoms. The van der Waals surface area contributed by atoms with Gasteiger partial charge in [-0.15, -0.1) is 0 Å². The molecule has 2 heterocycles. The number of aromatic nitrogens is 2. The van der Waals surface area contributed by atoms with Crippen molar-refractivity contribution in [2.24, 2.45) is 0 Å². The zero-order valence-electron chi connectivity index (χ0n) is 12.9. The first-order valence-corrected chi connectivity index (χ1v) is 7.45. The van der Waals surface area contributed by atoms with Gasteiger partial charge >= 0.3 is 11.9 Å². The summed E-state index contributed by atoms with van der Waals surface area (Å²) in [6, 6.07) is 5.20. The van der Waals surface area contributed by atoms with Gasteiger partial charge in [0, 0.05) is 38.1 Å². The lowest BCUT2D eigenvalue weighted by Gasteiger charge is -2.29. The van der Waals surface area contributed by atoms with Crippen LogP contribution < -0.4 is 5.32 Å². The predicted molar refractivity (Wildman–Crippen MR) is 86.5 cm³/mol. The minimum Gasteiger partial charge on any atom is -0.419 e. The summed E-state index contributed by atoms with van der Waals surface area (Å²) in [5.41, 5.74) is 1.14. The van der Waals surface area contributed by atoms with Crippen LogP contribution in [0.15, 0.2) is 48.7 Å². The fraction of sp³-hybridized carbons (Fsp3) is 0.188. The fourth-order valence-corrected chi connectivity index (χ4v) is 2.42. The van der Waals surface area contributed by atoms with Gasteiger partial charge in [-0.3, -0.25) is 0 Å². The van der Waals surface area contributed by atoms with Crippen LogP contribution in [0.3, 0.4) is 0 Å². The van der Waals surface area contributed by atoms with Crippen LogP contribution in [0, 0.1) is 0 Å². The second-order valence-electron chi connectivity index (χ2n) is 5.52. The first kappa shape index (κ1) is 16.1. The summed E-state index contributed by atoms with van der Waals surface area (Å²) in [7, 11) is 0. The number of nitrogens with one attached hydrogen (secondary N) is 1. The molecule has 1 aliphatic heterocycles. The molecule has 8 heteroatoms. The Morgan fingerprint density at radius 1 is 1.25 bits per heavy atom. The van der Waals surface area contributed by atoms with Crippen molar-refractivity contribution in [3.8, 4) is 5.69 Å². The SMILES string of the molecule is CC1(C)OC(=O)C(=CNc2ccc(-n3ccnc3)c(Cl)c2)C(=O)O1. The summed E-state index contributed by atoms with van der Waals surface area (Å²) in [6.07, 6.45) is 6.29. The molecule has 0 radical (unpaired) electrons. The number of cyclic esters (lactones) is 2. The van der Waals surface area contributed by atoms with Crippen molar-refractivity contribution in [3.63, 3.8) is 0 Å². The molecule has 124 valence electrons. The van der Waals surface area contributed by atoms with E-state index in [9.17, 15) is 9.59 Å².